The van der Waals surface area contributed by atoms with Crippen molar-refractivity contribution in [3.63, 3.8) is 0 Å². The summed E-state index contributed by atoms with van der Waals surface area (Å²) in [6.45, 7) is 3.58. The molecule has 1 rings (SSSR count). The van der Waals surface area contributed by atoms with E-state index in [4.69, 9.17) is 10.8 Å². The largest absolute Gasteiger partial charge is 0.508 e. The minimum Gasteiger partial charge on any atom is -0.508 e. The van der Waals surface area contributed by atoms with Crippen LogP contribution < -0.4 is 16.4 Å². The number of carbonyl (C=O) groups is 4. The number of benzene rings is 1. The Morgan fingerprint density at radius 2 is 1.55 bits per heavy atom. The van der Waals surface area contributed by atoms with Gasteiger partial charge in [0, 0.05) is 6.42 Å². The van der Waals surface area contributed by atoms with Crippen LogP contribution in [0.25, 0.3) is 0 Å². The van der Waals surface area contributed by atoms with Gasteiger partial charge in [-0.1, -0.05) is 32.4 Å². The number of phenolic OH excluding ortho intramolecular Hbond substituents is 1. The summed E-state index contributed by atoms with van der Waals surface area (Å²) < 4.78 is 0. The van der Waals surface area contributed by atoms with Crippen molar-refractivity contribution in [3.8, 4) is 5.75 Å². The number of carboxylic acids is 2. The Balaban J connectivity index is 2.89. The minimum atomic E-state index is -1.48. The van der Waals surface area contributed by atoms with E-state index in [0.717, 1.165) is 0 Å². The summed E-state index contributed by atoms with van der Waals surface area (Å²) in [7, 11) is 0. The van der Waals surface area contributed by atoms with Crippen LogP contribution >= 0.6 is 0 Å². The van der Waals surface area contributed by atoms with E-state index in [9.17, 15) is 29.4 Å². The first-order valence-electron chi connectivity index (χ1n) is 9.14. The summed E-state index contributed by atoms with van der Waals surface area (Å²) in [5, 5.41) is 32.3. The predicted molar refractivity (Wildman–Crippen MR) is 103 cm³/mol. The van der Waals surface area contributed by atoms with Gasteiger partial charge in [-0.15, -0.1) is 0 Å². The van der Waals surface area contributed by atoms with Gasteiger partial charge in [0.25, 0.3) is 0 Å². The number of carbonyl (C=O) groups excluding carboxylic acids is 2. The number of aliphatic carboxylic acids is 2. The lowest BCUT2D eigenvalue weighted by Crippen LogP contribution is -2.56. The van der Waals surface area contributed by atoms with Crippen LogP contribution in [-0.4, -0.2) is 57.2 Å². The summed E-state index contributed by atoms with van der Waals surface area (Å²) in [5.41, 5.74) is 6.34. The third-order valence-electron chi connectivity index (χ3n) is 4.56. The lowest BCUT2D eigenvalue weighted by Gasteiger charge is -2.23. The van der Waals surface area contributed by atoms with E-state index >= 15 is 0 Å². The summed E-state index contributed by atoms with van der Waals surface area (Å²) in [6.07, 6.45) is -0.212. The van der Waals surface area contributed by atoms with Gasteiger partial charge in [0.05, 0.1) is 12.5 Å². The Morgan fingerprint density at radius 1 is 1.00 bits per heavy atom. The fourth-order valence-corrected chi connectivity index (χ4v) is 2.50. The van der Waals surface area contributed by atoms with Gasteiger partial charge in [0.2, 0.25) is 11.8 Å². The number of amides is 2. The molecule has 0 unspecified atom stereocenters. The van der Waals surface area contributed by atoms with Gasteiger partial charge in [-0.05, 0) is 23.6 Å². The van der Waals surface area contributed by atoms with E-state index in [2.05, 4.69) is 10.6 Å². The molecule has 2 amide bonds. The van der Waals surface area contributed by atoms with Crippen molar-refractivity contribution in [1.82, 2.24) is 10.6 Å². The highest BCUT2D eigenvalue weighted by Gasteiger charge is 2.30. The maximum Gasteiger partial charge on any atom is 0.326 e. The maximum absolute atomic E-state index is 12.5. The zero-order valence-electron chi connectivity index (χ0n) is 16.3. The van der Waals surface area contributed by atoms with Gasteiger partial charge in [0.15, 0.2) is 0 Å². The molecule has 0 aliphatic rings. The monoisotopic (exact) mass is 409 g/mol. The van der Waals surface area contributed by atoms with Crippen LogP contribution in [0.5, 0.6) is 5.75 Å². The van der Waals surface area contributed by atoms with Crippen LogP contribution in [-0.2, 0) is 25.6 Å². The molecule has 10 heteroatoms. The molecule has 0 aliphatic carbocycles. The molecule has 0 fully saturated rings. The molecule has 29 heavy (non-hydrogen) atoms. The van der Waals surface area contributed by atoms with Crippen molar-refractivity contribution in [1.29, 1.82) is 0 Å². The first kappa shape index (κ1) is 23.9. The highest BCUT2D eigenvalue weighted by Crippen LogP contribution is 2.12. The summed E-state index contributed by atoms with van der Waals surface area (Å²) in [6, 6.07) is 1.98. The van der Waals surface area contributed by atoms with Crippen LogP contribution in [0.2, 0.25) is 0 Å². The van der Waals surface area contributed by atoms with Gasteiger partial charge >= 0.3 is 11.9 Å². The Bertz CT molecular complexity index is 736. The molecular formula is C19H27N3O7. The number of phenols is 1. The lowest BCUT2D eigenvalue weighted by atomic mass is 9.99. The normalized spacial score (nSPS) is 14.9. The molecule has 0 bridgehead atoms. The molecule has 0 saturated carbocycles. The number of nitrogens with two attached hydrogens (primary N) is 1. The number of aromatic hydroxyl groups is 1. The van der Waals surface area contributed by atoms with Crippen molar-refractivity contribution >= 4 is 23.8 Å². The van der Waals surface area contributed by atoms with Crippen molar-refractivity contribution < 1.29 is 34.5 Å². The van der Waals surface area contributed by atoms with Crippen LogP contribution in [0.1, 0.15) is 32.3 Å². The van der Waals surface area contributed by atoms with E-state index in [1.54, 1.807) is 6.92 Å². The van der Waals surface area contributed by atoms with Crippen LogP contribution in [0.3, 0.4) is 0 Å². The fourth-order valence-electron chi connectivity index (χ4n) is 2.50. The topological polar surface area (TPSA) is 179 Å². The first-order chi connectivity index (χ1) is 13.5. The summed E-state index contributed by atoms with van der Waals surface area (Å²) in [5.74, 6) is -4.48. The van der Waals surface area contributed by atoms with Crippen molar-refractivity contribution in [2.24, 2.45) is 11.7 Å². The highest BCUT2D eigenvalue weighted by molar-refractivity contribution is 5.94. The number of rotatable bonds is 11. The van der Waals surface area contributed by atoms with Crippen LogP contribution in [0.15, 0.2) is 24.3 Å². The second-order valence-electron chi connectivity index (χ2n) is 6.84. The quantitative estimate of drug-likeness (QED) is 0.292. The second-order valence-corrected chi connectivity index (χ2v) is 6.84. The van der Waals surface area contributed by atoms with Crippen LogP contribution in [0.4, 0.5) is 0 Å². The fraction of sp³-hybridized carbons (Fsp3) is 0.474. The number of nitrogens with one attached hydrogen (secondary N) is 2. The second kappa shape index (κ2) is 11.0. The Kier molecular flexibility index (Phi) is 9.07. The Hall–Kier alpha value is -3.14. The van der Waals surface area contributed by atoms with E-state index in [1.807, 2.05) is 6.92 Å². The van der Waals surface area contributed by atoms with E-state index in [0.29, 0.717) is 12.0 Å². The SMILES string of the molecule is CC[C@H](C)[C@H](N)C(=O)N[C@@H](CC(=O)O)C(=O)N[C@@H](Cc1ccc(O)cc1)C(=O)O. The van der Waals surface area contributed by atoms with Crippen molar-refractivity contribution in [2.75, 3.05) is 0 Å². The van der Waals surface area contributed by atoms with Crippen molar-refractivity contribution in [2.45, 2.75) is 51.2 Å². The van der Waals surface area contributed by atoms with Gasteiger partial charge < -0.3 is 31.7 Å². The standard InChI is InChI=1S/C19H27N3O7/c1-3-10(2)16(20)18(27)21-13(9-15(24)25)17(26)22-14(19(28)29)8-11-4-6-12(23)7-5-11/h4-7,10,13-14,16,23H,3,8-9,20H2,1-2H3,(H,21,27)(H,22,26)(H,24,25)(H,28,29)/t10-,13-,14-,16-/m0/s1. The smallest absolute Gasteiger partial charge is 0.326 e. The van der Waals surface area contributed by atoms with E-state index < -0.39 is 48.3 Å². The molecule has 7 N–H and O–H groups in total. The molecule has 1 aromatic rings. The summed E-state index contributed by atoms with van der Waals surface area (Å²) in [4.78, 5) is 47.4. The molecule has 0 radical (unpaired) electrons. The third kappa shape index (κ3) is 7.78. The Labute approximate surface area is 168 Å². The van der Waals surface area contributed by atoms with Gasteiger partial charge in [0.1, 0.15) is 17.8 Å². The average molecular weight is 409 g/mol. The number of hydrogen-bond acceptors (Lipinski definition) is 6. The molecular weight excluding hydrogens is 382 g/mol. The molecule has 160 valence electrons. The van der Waals surface area contributed by atoms with Gasteiger partial charge in [-0.25, -0.2) is 4.79 Å². The summed E-state index contributed by atoms with van der Waals surface area (Å²) >= 11 is 0. The zero-order valence-corrected chi connectivity index (χ0v) is 16.3. The molecule has 10 nitrogen and oxygen atoms in total. The molecule has 0 spiro atoms. The molecule has 0 aromatic heterocycles. The number of carboxylic acid groups (broad SMARTS) is 2. The van der Waals surface area contributed by atoms with Gasteiger partial charge in [-0.3, -0.25) is 14.4 Å². The van der Waals surface area contributed by atoms with Gasteiger partial charge in [-0.2, -0.15) is 0 Å². The Morgan fingerprint density at radius 3 is 2.03 bits per heavy atom. The third-order valence-corrected chi connectivity index (χ3v) is 4.56. The molecule has 0 heterocycles. The molecule has 1 aromatic carbocycles. The first-order valence-corrected chi connectivity index (χ1v) is 9.14. The molecule has 0 saturated heterocycles. The molecule has 0 aliphatic heterocycles. The lowest BCUT2D eigenvalue weighted by molar-refractivity contribution is -0.143. The molecule has 4 atom stereocenters. The zero-order chi connectivity index (χ0) is 22.1. The minimum absolute atomic E-state index is 0.00606. The number of hydrogen-bond donors (Lipinski definition) is 6. The van der Waals surface area contributed by atoms with E-state index in [-0.39, 0.29) is 18.1 Å². The predicted octanol–water partition coefficient (Wildman–Crippen LogP) is -0.163. The van der Waals surface area contributed by atoms with Crippen LogP contribution in [0, 0.1) is 5.92 Å². The van der Waals surface area contributed by atoms with E-state index in [1.165, 1.54) is 24.3 Å². The average Bonchev–Trinajstić information content (AvgIpc) is 2.66. The maximum atomic E-state index is 12.5. The highest BCUT2D eigenvalue weighted by atomic mass is 16.4. The van der Waals surface area contributed by atoms with Crippen molar-refractivity contribution in [3.05, 3.63) is 29.8 Å².